The Labute approximate surface area is 174 Å². The maximum absolute atomic E-state index is 14.5. The molecule has 0 bridgehead atoms. The molecule has 0 saturated heterocycles. The topological polar surface area (TPSA) is 88.8 Å². The molecular weight excluding hydrogens is 418 g/mol. The third-order valence-electron chi connectivity index (χ3n) is 4.32. The molecule has 1 aromatic carbocycles. The predicted octanol–water partition coefficient (Wildman–Crippen LogP) is 3.30. The average molecular weight is 435 g/mol. The first kappa shape index (κ1) is 21.9. The standard InChI is InChI=1S/C19H17F4N7O/c1-3-13(11-26-18-24-9-12(10-25-18)19(21,22)23)29(2)17(31)16-14(20)5-4-6-15(16)30-27-7-8-28-30/h3-10H,11H2,1-2H3,(H,24,25,26)/b13-3+. The Kier molecular flexibility index (Phi) is 6.28. The number of amides is 1. The fraction of sp³-hybridized carbons (Fsp3) is 0.211. The molecule has 12 heteroatoms. The number of anilines is 1. The number of allylic oxidation sites excluding steroid dienone is 1. The Balaban J connectivity index is 1.77. The molecule has 1 amide bonds. The molecule has 0 unspecified atom stereocenters. The molecule has 2 aromatic heterocycles. The van der Waals surface area contributed by atoms with E-state index < -0.39 is 23.5 Å². The third kappa shape index (κ3) is 4.85. The fourth-order valence-corrected chi connectivity index (χ4v) is 2.68. The van der Waals surface area contributed by atoms with Gasteiger partial charge in [0.25, 0.3) is 5.91 Å². The van der Waals surface area contributed by atoms with Gasteiger partial charge in [-0.25, -0.2) is 14.4 Å². The van der Waals surface area contributed by atoms with Gasteiger partial charge in [0.2, 0.25) is 5.95 Å². The summed E-state index contributed by atoms with van der Waals surface area (Å²) < 4.78 is 52.4. The molecule has 8 nitrogen and oxygen atoms in total. The van der Waals surface area contributed by atoms with Crippen molar-refractivity contribution in [3.63, 3.8) is 0 Å². The number of hydrogen-bond acceptors (Lipinski definition) is 6. The number of aromatic nitrogens is 5. The fourth-order valence-electron chi connectivity index (χ4n) is 2.68. The van der Waals surface area contributed by atoms with Gasteiger partial charge in [-0.05, 0) is 19.1 Å². The highest BCUT2D eigenvalue weighted by molar-refractivity contribution is 5.98. The summed E-state index contributed by atoms with van der Waals surface area (Å²) in [5, 5.41) is 10.6. The van der Waals surface area contributed by atoms with Gasteiger partial charge in [0, 0.05) is 25.1 Å². The average Bonchev–Trinajstić information content (AvgIpc) is 3.28. The van der Waals surface area contributed by atoms with Gasteiger partial charge in [-0.2, -0.15) is 28.2 Å². The molecule has 3 aromatic rings. The van der Waals surface area contributed by atoms with Gasteiger partial charge in [0.05, 0.1) is 24.5 Å². The van der Waals surface area contributed by atoms with E-state index in [1.807, 2.05) is 0 Å². The van der Waals surface area contributed by atoms with E-state index in [9.17, 15) is 22.4 Å². The lowest BCUT2D eigenvalue weighted by Crippen LogP contribution is -2.31. The van der Waals surface area contributed by atoms with Crippen molar-refractivity contribution < 1.29 is 22.4 Å². The Morgan fingerprint density at radius 3 is 2.42 bits per heavy atom. The van der Waals surface area contributed by atoms with E-state index in [-0.39, 0.29) is 23.7 Å². The first-order valence-electron chi connectivity index (χ1n) is 8.94. The minimum absolute atomic E-state index is 0.00785. The number of benzene rings is 1. The molecule has 0 atom stereocenters. The maximum Gasteiger partial charge on any atom is 0.419 e. The number of hydrogen-bond donors (Lipinski definition) is 1. The van der Waals surface area contributed by atoms with Crippen molar-refractivity contribution in [3.05, 3.63) is 71.7 Å². The number of nitrogens with zero attached hydrogens (tertiary/aromatic N) is 6. The number of nitrogens with one attached hydrogen (secondary N) is 1. The highest BCUT2D eigenvalue weighted by Gasteiger charge is 2.31. The Hall–Kier alpha value is -3.83. The normalized spacial score (nSPS) is 12.0. The van der Waals surface area contributed by atoms with E-state index in [0.29, 0.717) is 18.1 Å². The summed E-state index contributed by atoms with van der Waals surface area (Å²) in [4.78, 5) is 22.6. The summed E-state index contributed by atoms with van der Waals surface area (Å²) in [6.07, 6.45) is 1.16. The molecular formula is C19H17F4N7O. The Bertz CT molecular complexity index is 1080. The number of carbonyl (C=O) groups excluding carboxylic acids is 1. The quantitative estimate of drug-likeness (QED) is 0.598. The third-order valence-corrected chi connectivity index (χ3v) is 4.32. The summed E-state index contributed by atoms with van der Waals surface area (Å²) in [5.41, 5.74) is -0.630. The lowest BCUT2D eigenvalue weighted by molar-refractivity contribution is -0.138. The zero-order valence-corrected chi connectivity index (χ0v) is 16.4. The molecule has 0 radical (unpaired) electrons. The maximum atomic E-state index is 14.5. The van der Waals surface area contributed by atoms with Crippen LogP contribution in [0.5, 0.6) is 0 Å². The van der Waals surface area contributed by atoms with Crippen LogP contribution in [0.25, 0.3) is 5.69 Å². The number of rotatable bonds is 6. The zero-order valence-electron chi connectivity index (χ0n) is 16.4. The molecule has 0 aliphatic heterocycles. The lowest BCUT2D eigenvalue weighted by atomic mass is 10.1. The molecule has 0 aliphatic rings. The molecule has 0 spiro atoms. The second-order valence-corrected chi connectivity index (χ2v) is 6.24. The van der Waals surface area contributed by atoms with Crippen LogP contribution in [0.3, 0.4) is 0 Å². The smallest absolute Gasteiger partial charge is 0.349 e. The highest BCUT2D eigenvalue weighted by Crippen LogP contribution is 2.28. The minimum Gasteiger partial charge on any atom is -0.349 e. The number of carbonyl (C=O) groups is 1. The van der Waals surface area contributed by atoms with Crippen molar-refractivity contribution in [2.75, 3.05) is 18.9 Å². The van der Waals surface area contributed by atoms with Gasteiger partial charge < -0.3 is 10.2 Å². The molecule has 31 heavy (non-hydrogen) atoms. The second-order valence-electron chi connectivity index (χ2n) is 6.24. The Morgan fingerprint density at radius 2 is 1.84 bits per heavy atom. The van der Waals surface area contributed by atoms with Crippen molar-refractivity contribution in [2.45, 2.75) is 13.1 Å². The van der Waals surface area contributed by atoms with Crippen LogP contribution in [0.1, 0.15) is 22.8 Å². The molecule has 1 N–H and O–H groups in total. The van der Waals surface area contributed by atoms with E-state index >= 15 is 0 Å². The van der Waals surface area contributed by atoms with Gasteiger partial charge in [-0.15, -0.1) is 0 Å². The minimum atomic E-state index is -4.54. The van der Waals surface area contributed by atoms with Crippen LogP contribution >= 0.6 is 0 Å². The largest absolute Gasteiger partial charge is 0.419 e. The number of likely N-dealkylation sites (N-methyl/N-ethyl adjacent to an activating group) is 1. The van der Waals surface area contributed by atoms with Crippen LogP contribution in [0.15, 0.2) is 54.8 Å². The molecule has 0 saturated carbocycles. The summed E-state index contributed by atoms with van der Waals surface area (Å²) in [6.45, 7) is 1.67. The van der Waals surface area contributed by atoms with E-state index in [4.69, 9.17) is 0 Å². The summed E-state index contributed by atoms with van der Waals surface area (Å²) in [6, 6.07) is 4.09. The monoisotopic (exact) mass is 435 g/mol. The van der Waals surface area contributed by atoms with Crippen molar-refractivity contribution in [3.8, 4) is 5.69 Å². The van der Waals surface area contributed by atoms with E-state index in [1.54, 1.807) is 13.0 Å². The first-order valence-corrected chi connectivity index (χ1v) is 8.94. The van der Waals surface area contributed by atoms with Crippen LogP contribution in [-0.2, 0) is 6.18 Å². The van der Waals surface area contributed by atoms with Crippen LogP contribution < -0.4 is 5.32 Å². The van der Waals surface area contributed by atoms with Gasteiger partial charge in [-0.1, -0.05) is 12.1 Å². The van der Waals surface area contributed by atoms with Crippen molar-refractivity contribution in [1.29, 1.82) is 0 Å². The van der Waals surface area contributed by atoms with Gasteiger partial charge in [0.1, 0.15) is 17.1 Å². The first-order chi connectivity index (χ1) is 14.7. The van der Waals surface area contributed by atoms with Crippen molar-refractivity contribution in [1.82, 2.24) is 29.9 Å². The Morgan fingerprint density at radius 1 is 1.19 bits per heavy atom. The second kappa shape index (κ2) is 8.90. The molecule has 2 heterocycles. The highest BCUT2D eigenvalue weighted by atomic mass is 19.4. The van der Waals surface area contributed by atoms with Crippen LogP contribution in [0.4, 0.5) is 23.5 Å². The SMILES string of the molecule is C/C=C(\CNc1ncc(C(F)(F)F)cn1)N(C)C(=O)c1c(F)cccc1-n1nccn1. The van der Waals surface area contributed by atoms with Gasteiger partial charge in [0.15, 0.2) is 0 Å². The van der Waals surface area contributed by atoms with Crippen molar-refractivity contribution >= 4 is 11.9 Å². The van der Waals surface area contributed by atoms with Crippen LogP contribution in [0, 0.1) is 5.82 Å². The summed E-state index contributed by atoms with van der Waals surface area (Å²) in [5.74, 6) is -1.46. The number of alkyl halides is 3. The van der Waals surface area contributed by atoms with Gasteiger partial charge in [-0.3, -0.25) is 4.79 Å². The van der Waals surface area contributed by atoms with Crippen molar-refractivity contribution in [2.24, 2.45) is 0 Å². The van der Waals surface area contributed by atoms with E-state index in [1.165, 1.54) is 36.5 Å². The summed E-state index contributed by atoms with van der Waals surface area (Å²) in [7, 11) is 1.44. The lowest BCUT2D eigenvalue weighted by Gasteiger charge is -2.22. The van der Waals surface area contributed by atoms with Gasteiger partial charge >= 0.3 is 6.18 Å². The van der Waals surface area contributed by atoms with Crippen LogP contribution in [-0.4, -0.2) is 49.4 Å². The molecule has 0 aliphatic carbocycles. The zero-order chi connectivity index (χ0) is 22.6. The van der Waals surface area contributed by atoms with E-state index in [0.717, 1.165) is 10.9 Å². The van der Waals surface area contributed by atoms with Crippen LogP contribution in [0.2, 0.25) is 0 Å². The molecule has 0 fully saturated rings. The predicted molar refractivity (Wildman–Crippen MR) is 103 cm³/mol. The molecule has 3 rings (SSSR count). The molecule has 162 valence electrons. The number of halogens is 4. The van der Waals surface area contributed by atoms with E-state index in [2.05, 4.69) is 25.5 Å². The summed E-state index contributed by atoms with van der Waals surface area (Å²) >= 11 is 0.